The molecular formula is C18H17F3N4O. The molecule has 1 atom stereocenters. The first-order valence-corrected chi connectivity index (χ1v) is 8.30. The average molecular weight is 362 g/mol. The number of aromatic amines is 1. The van der Waals surface area contributed by atoms with Crippen LogP contribution in [0.15, 0.2) is 30.7 Å². The maximum Gasteiger partial charge on any atom is 0.418 e. The lowest BCUT2D eigenvalue weighted by molar-refractivity contribution is -0.136. The third kappa shape index (κ3) is 2.85. The maximum absolute atomic E-state index is 13.3. The average Bonchev–Trinajstić information content (AvgIpc) is 3.07. The summed E-state index contributed by atoms with van der Waals surface area (Å²) in [5.41, 5.74) is 1.61. The Labute approximate surface area is 147 Å². The van der Waals surface area contributed by atoms with Gasteiger partial charge < -0.3 is 15.0 Å². The zero-order chi connectivity index (χ0) is 18.3. The quantitative estimate of drug-likeness (QED) is 0.721. The van der Waals surface area contributed by atoms with Crippen molar-refractivity contribution in [2.75, 3.05) is 12.4 Å². The van der Waals surface area contributed by atoms with Gasteiger partial charge in [0.05, 0.1) is 24.1 Å². The standard InChI is InChI=1S/C18H17F3N4O/c1-26-11-5-6-12-10(7-11)3-2-4-14(12)25-17-15-13(18(19,20)21)8-22-16(15)23-9-24-17/h5-9,14H,2-4H2,1H3,(H2,22,23,24,25). The second-order valence-corrected chi connectivity index (χ2v) is 6.30. The molecule has 3 aromatic rings. The fourth-order valence-corrected chi connectivity index (χ4v) is 3.53. The highest BCUT2D eigenvalue weighted by molar-refractivity contribution is 5.91. The van der Waals surface area contributed by atoms with Crippen LogP contribution >= 0.6 is 0 Å². The van der Waals surface area contributed by atoms with Gasteiger partial charge in [-0.3, -0.25) is 0 Å². The van der Waals surface area contributed by atoms with Gasteiger partial charge in [0.2, 0.25) is 0 Å². The number of anilines is 1. The Morgan fingerprint density at radius 2 is 2.12 bits per heavy atom. The van der Waals surface area contributed by atoms with E-state index < -0.39 is 11.7 Å². The minimum Gasteiger partial charge on any atom is -0.497 e. The highest BCUT2D eigenvalue weighted by atomic mass is 19.4. The first-order chi connectivity index (χ1) is 12.5. The number of nitrogens with zero attached hydrogens (tertiary/aromatic N) is 2. The molecule has 2 N–H and O–H groups in total. The summed E-state index contributed by atoms with van der Waals surface area (Å²) in [6, 6.07) is 5.70. The van der Waals surface area contributed by atoms with E-state index in [0.29, 0.717) is 0 Å². The van der Waals surface area contributed by atoms with Gasteiger partial charge >= 0.3 is 6.18 Å². The van der Waals surface area contributed by atoms with E-state index in [2.05, 4.69) is 20.3 Å². The van der Waals surface area contributed by atoms with E-state index in [1.807, 2.05) is 18.2 Å². The van der Waals surface area contributed by atoms with E-state index in [9.17, 15) is 13.2 Å². The van der Waals surface area contributed by atoms with Crippen LogP contribution in [0, 0.1) is 0 Å². The normalized spacial score (nSPS) is 17.2. The number of halogens is 3. The summed E-state index contributed by atoms with van der Waals surface area (Å²) >= 11 is 0. The van der Waals surface area contributed by atoms with Crippen molar-refractivity contribution in [3.05, 3.63) is 47.4 Å². The van der Waals surface area contributed by atoms with Gasteiger partial charge in [-0.05, 0) is 42.5 Å². The van der Waals surface area contributed by atoms with Crippen LogP contribution in [0.3, 0.4) is 0 Å². The van der Waals surface area contributed by atoms with Crippen molar-refractivity contribution in [2.45, 2.75) is 31.5 Å². The van der Waals surface area contributed by atoms with Crippen LogP contribution in [0.1, 0.15) is 35.6 Å². The van der Waals surface area contributed by atoms with Crippen LogP contribution in [0.5, 0.6) is 5.75 Å². The van der Waals surface area contributed by atoms with E-state index >= 15 is 0 Å². The predicted octanol–water partition coefficient (Wildman–Crippen LogP) is 4.47. The molecule has 2 aromatic heterocycles. The Hall–Kier alpha value is -2.77. The molecule has 1 aliphatic rings. The molecule has 1 aromatic carbocycles. The SMILES string of the molecule is COc1ccc2c(c1)CCCC2Nc1ncnc2[nH]cc(C(F)(F)F)c12. The summed E-state index contributed by atoms with van der Waals surface area (Å²) in [5, 5.41) is 3.18. The third-order valence-electron chi connectivity index (χ3n) is 4.75. The molecule has 0 radical (unpaired) electrons. The number of alkyl halides is 3. The van der Waals surface area contributed by atoms with Crippen LogP contribution < -0.4 is 10.1 Å². The topological polar surface area (TPSA) is 62.8 Å². The van der Waals surface area contributed by atoms with Gasteiger partial charge in [-0.15, -0.1) is 0 Å². The first-order valence-electron chi connectivity index (χ1n) is 8.30. The molecular weight excluding hydrogens is 345 g/mol. The van der Waals surface area contributed by atoms with Gasteiger partial charge in [0.15, 0.2) is 0 Å². The fraction of sp³-hybridized carbons (Fsp3) is 0.333. The number of aromatic nitrogens is 3. The second-order valence-electron chi connectivity index (χ2n) is 6.30. The number of H-pyrrole nitrogens is 1. The third-order valence-corrected chi connectivity index (χ3v) is 4.75. The highest BCUT2D eigenvalue weighted by Gasteiger charge is 2.35. The van der Waals surface area contributed by atoms with Crippen molar-refractivity contribution < 1.29 is 17.9 Å². The summed E-state index contributed by atoms with van der Waals surface area (Å²) < 4.78 is 45.2. The largest absolute Gasteiger partial charge is 0.497 e. The highest BCUT2D eigenvalue weighted by Crippen LogP contribution is 2.39. The molecule has 0 saturated heterocycles. The molecule has 0 spiro atoms. The van der Waals surface area contributed by atoms with Gasteiger partial charge in [-0.2, -0.15) is 13.2 Å². The minimum absolute atomic E-state index is 0.0272. The summed E-state index contributed by atoms with van der Waals surface area (Å²) in [7, 11) is 1.61. The molecule has 0 fully saturated rings. The number of fused-ring (bicyclic) bond motifs is 2. The second kappa shape index (κ2) is 6.19. The summed E-state index contributed by atoms with van der Waals surface area (Å²) in [5.74, 6) is 0.969. The monoisotopic (exact) mass is 362 g/mol. The molecule has 2 heterocycles. The van der Waals surface area contributed by atoms with Gasteiger partial charge in [0.25, 0.3) is 0 Å². The number of ether oxygens (including phenoxy) is 1. The molecule has 0 aliphatic heterocycles. The smallest absolute Gasteiger partial charge is 0.418 e. The van der Waals surface area contributed by atoms with Gasteiger partial charge in [0.1, 0.15) is 23.5 Å². The predicted molar refractivity (Wildman–Crippen MR) is 91.2 cm³/mol. The van der Waals surface area contributed by atoms with E-state index in [0.717, 1.165) is 42.3 Å². The minimum atomic E-state index is -4.47. The van der Waals surface area contributed by atoms with Crippen molar-refractivity contribution in [1.82, 2.24) is 15.0 Å². The summed E-state index contributed by atoms with van der Waals surface area (Å²) in [6.45, 7) is 0. The molecule has 0 amide bonds. The molecule has 26 heavy (non-hydrogen) atoms. The van der Waals surface area contributed by atoms with E-state index in [1.165, 1.54) is 6.33 Å². The lowest BCUT2D eigenvalue weighted by Crippen LogP contribution is -2.18. The molecule has 8 heteroatoms. The number of benzene rings is 1. The van der Waals surface area contributed by atoms with Crippen LogP contribution in [-0.4, -0.2) is 22.1 Å². The van der Waals surface area contributed by atoms with Gasteiger partial charge in [-0.25, -0.2) is 9.97 Å². The van der Waals surface area contributed by atoms with Crippen LogP contribution in [-0.2, 0) is 12.6 Å². The lowest BCUT2D eigenvalue weighted by atomic mass is 9.87. The number of methoxy groups -OCH3 is 1. The van der Waals surface area contributed by atoms with E-state index in [4.69, 9.17) is 4.74 Å². The number of rotatable bonds is 3. The van der Waals surface area contributed by atoms with Crippen molar-refractivity contribution in [1.29, 1.82) is 0 Å². The molecule has 0 saturated carbocycles. The Bertz CT molecular complexity index is 951. The van der Waals surface area contributed by atoms with Gasteiger partial charge in [0, 0.05) is 6.20 Å². The van der Waals surface area contributed by atoms with Crippen LogP contribution in [0.25, 0.3) is 11.0 Å². The molecule has 1 aliphatic carbocycles. The Balaban J connectivity index is 1.74. The first kappa shape index (κ1) is 16.7. The van der Waals surface area contributed by atoms with E-state index in [1.54, 1.807) is 7.11 Å². The lowest BCUT2D eigenvalue weighted by Gasteiger charge is -2.27. The van der Waals surface area contributed by atoms with Gasteiger partial charge in [-0.1, -0.05) is 6.07 Å². The molecule has 0 bridgehead atoms. The number of hydrogen-bond donors (Lipinski definition) is 2. The summed E-state index contributed by atoms with van der Waals surface area (Å²) in [6.07, 6.45) is 0.393. The number of aryl methyl sites for hydroxylation is 1. The van der Waals surface area contributed by atoms with Crippen LogP contribution in [0.4, 0.5) is 19.0 Å². The number of nitrogens with one attached hydrogen (secondary N) is 2. The summed E-state index contributed by atoms with van der Waals surface area (Å²) in [4.78, 5) is 10.6. The molecule has 4 rings (SSSR count). The molecule has 5 nitrogen and oxygen atoms in total. The Kier molecular flexibility index (Phi) is 3.97. The van der Waals surface area contributed by atoms with E-state index in [-0.39, 0.29) is 22.9 Å². The van der Waals surface area contributed by atoms with Crippen molar-refractivity contribution in [3.8, 4) is 5.75 Å². The Morgan fingerprint density at radius 1 is 1.27 bits per heavy atom. The fourth-order valence-electron chi connectivity index (χ4n) is 3.53. The maximum atomic E-state index is 13.3. The van der Waals surface area contributed by atoms with Crippen molar-refractivity contribution in [2.24, 2.45) is 0 Å². The van der Waals surface area contributed by atoms with Crippen LogP contribution in [0.2, 0.25) is 0 Å². The number of hydrogen-bond acceptors (Lipinski definition) is 4. The zero-order valence-electron chi connectivity index (χ0n) is 14.0. The van der Waals surface area contributed by atoms with Crippen molar-refractivity contribution in [3.63, 3.8) is 0 Å². The zero-order valence-corrected chi connectivity index (χ0v) is 14.0. The molecule has 136 valence electrons. The Morgan fingerprint density at radius 3 is 2.88 bits per heavy atom. The molecule has 1 unspecified atom stereocenters. The van der Waals surface area contributed by atoms with Crippen molar-refractivity contribution >= 4 is 16.9 Å².